The quantitative estimate of drug-likeness (QED) is 0.426. The highest BCUT2D eigenvalue weighted by molar-refractivity contribution is 7.09. The van der Waals surface area contributed by atoms with E-state index < -0.39 is 11.7 Å². The molecule has 0 saturated heterocycles. The molecule has 0 saturated carbocycles. The van der Waals surface area contributed by atoms with Crippen LogP contribution in [0.3, 0.4) is 0 Å². The first-order valence-corrected chi connectivity index (χ1v) is 9.92. The first-order valence-electron chi connectivity index (χ1n) is 9.04. The van der Waals surface area contributed by atoms with Crippen molar-refractivity contribution < 1.29 is 18.0 Å². The molecule has 0 radical (unpaired) electrons. The summed E-state index contributed by atoms with van der Waals surface area (Å²) in [5, 5.41) is 11.8. The summed E-state index contributed by atoms with van der Waals surface area (Å²) in [4.78, 5) is 13.3. The lowest BCUT2D eigenvalue weighted by atomic mass is 10.1. The molecule has 152 valence electrons. The zero-order chi connectivity index (χ0) is 21.1. The van der Waals surface area contributed by atoms with Crippen molar-refractivity contribution in [2.75, 3.05) is 0 Å². The largest absolute Gasteiger partial charge is 0.416 e. The van der Waals surface area contributed by atoms with Crippen molar-refractivity contribution in [3.05, 3.63) is 88.1 Å². The normalized spacial score (nSPS) is 11.4. The standard InChI is InChI=1S/C22H16F3N3OS/c23-22(24,25)17-4-1-3-16(11-17)20-12-19(27-28-20)14-6-8-15(9-7-14)21(29)26-13-18-5-2-10-30-18/h1-12H,13H2,(H,26,29)(H,27,28). The molecule has 2 N–H and O–H groups in total. The zero-order valence-corrected chi connectivity index (χ0v) is 16.3. The van der Waals surface area contributed by atoms with Gasteiger partial charge in [-0.15, -0.1) is 11.3 Å². The molecule has 4 nitrogen and oxygen atoms in total. The predicted molar refractivity (Wildman–Crippen MR) is 110 cm³/mol. The molecule has 1 amide bonds. The third-order valence-electron chi connectivity index (χ3n) is 4.52. The summed E-state index contributed by atoms with van der Waals surface area (Å²) in [7, 11) is 0. The minimum Gasteiger partial charge on any atom is -0.347 e. The lowest BCUT2D eigenvalue weighted by Gasteiger charge is -2.07. The minimum atomic E-state index is -4.41. The lowest BCUT2D eigenvalue weighted by Crippen LogP contribution is -2.22. The molecule has 0 unspecified atom stereocenters. The van der Waals surface area contributed by atoms with Gasteiger partial charge in [-0.3, -0.25) is 9.89 Å². The molecule has 0 atom stereocenters. The van der Waals surface area contributed by atoms with Gasteiger partial charge in [0.15, 0.2) is 0 Å². The van der Waals surface area contributed by atoms with Gasteiger partial charge in [0.05, 0.1) is 23.5 Å². The van der Waals surface area contributed by atoms with Crippen LogP contribution < -0.4 is 5.32 Å². The summed E-state index contributed by atoms with van der Waals surface area (Å²) in [6.07, 6.45) is -4.41. The van der Waals surface area contributed by atoms with Gasteiger partial charge in [-0.05, 0) is 47.3 Å². The van der Waals surface area contributed by atoms with Crippen LogP contribution in [0.4, 0.5) is 13.2 Å². The predicted octanol–water partition coefficient (Wildman–Crippen LogP) is 5.75. The van der Waals surface area contributed by atoms with Gasteiger partial charge in [-0.1, -0.05) is 30.3 Å². The van der Waals surface area contributed by atoms with Crippen LogP contribution in [0.5, 0.6) is 0 Å². The number of alkyl halides is 3. The van der Waals surface area contributed by atoms with Gasteiger partial charge >= 0.3 is 6.18 Å². The van der Waals surface area contributed by atoms with E-state index in [9.17, 15) is 18.0 Å². The summed E-state index contributed by atoms with van der Waals surface area (Å²) >= 11 is 1.57. The number of nitrogens with one attached hydrogen (secondary N) is 2. The molecule has 0 spiro atoms. The summed E-state index contributed by atoms with van der Waals surface area (Å²) < 4.78 is 38.8. The van der Waals surface area contributed by atoms with Crippen molar-refractivity contribution >= 4 is 17.2 Å². The number of benzene rings is 2. The maximum Gasteiger partial charge on any atom is 0.416 e. The van der Waals surface area contributed by atoms with E-state index in [0.717, 1.165) is 22.6 Å². The Morgan fingerprint density at radius 1 is 1.00 bits per heavy atom. The van der Waals surface area contributed by atoms with Crippen LogP contribution in [0.1, 0.15) is 20.8 Å². The second-order valence-electron chi connectivity index (χ2n) is 6.58. The van der Waals surface area contributed by atoms with E-state index in [1.165, 1.54) is 6.07 Å². The number of hydrogen-bond donors (Lipinski definition) is 2. The molecule has 0 aliphatic heterocycles. The fourth-order valence-corrected chi connectivity index (χ4v) is 3.60. The summed E-state index contributed by atoms with van der Waals surface area (Å²) in [6.45, 7) is 0.471. The number of carbonyl (C=O) groups is 1. The van der Waals surface area contributed by atoms with Gasteiger partial charge < -0.3 is 5.32 Å². The molecule has 0 bridgehead atoms. The Hall–Kier alpha value is -3.39. The molecule has 2 aromatic carbocycles. The number of hydrogen-bond acceptors (Lipinski definition) is 3. The van der Waals surface area contributed by atoms with E-state index in [4.69, 9.17) is 0 Å². The van der Waals surface area contributed by atoms with E-state index >= 15 is 0 Å². The van der Waals surface area contributed by atoms with E-state index in [0.29, 0.717) is 29.1 Å². The number of H-pyrrole nitrogens is 1. The molecule has 0 aliphatic carbocycles. The monoisotopic (exact) mass is 427 g/mol. The van der Waals surface area contributed by atoms with Crippen LogP contribution in [-0.2, 0) is 12.7 Å². The van der Waals surface area contributed by atoms with Crippen LogP contribution in [0, 0.1) is 0 Å². The summed E-state index contributed by atoms with van der Waals surface area (Å²) in [6, 6.07) is 17.5. The van der Waals surface area contributed by atoms with Crippen molar-refractivity contribution in [1.29, 1.82) is 0 Å². The van der Waals surface area contributed by atoms with Crippen LogP contribution in [-0.4, -0.2) is 16.1 Å². The average molecular weight is 427 g/mol. The van der Waals surface area contributed by atoms with Gasteiger partial charge in [0.2, 0.25) is 0 Å². The van der Waals surface area contributed by atoms with Crippen molar-refractivity contribution in [2.24, 2.45) is 0 Å². The Labute approximate surface area is 174 Å². The zero-order valence-electron chi connectivity index (χ0n) is 15.5. The maximum atomic E-state index is 12.9. The van der Waals surface area contributed by atoms with E-state index in [-0.39, 0.29) is 5.91 Å². The van der Waals surface area contributed by atoms with Gasteiger partial charge in [0.25, 0.3) is 5.91 Å². The highest BCUT2D eigenvalue weighted by atomic mass is 32.1. The highest BCUT2D eigenvalue weighted by Crippen LogP contribution is 2.32. The number of nitrogens with zero attached hydrogens (tertiary/aromatic N) is 1. The molecular formula is C22H16F3N3OS. The topological polar surface area (TPSA) is 57.8 Å². The number of rotatable bonds is 5. The first-order chi connectivity index (χ1) is 14.4. The van der Waals surface area contributed by atoms with Crippen molar-refractivity contribution in [3.8, 4) is 22.5 Å². The first kappa shape index (κ1) is 19.9. The fourth-order valence-electron chi connectivity index (χ4n) is 2.96. The number of carbonyl (C=O) groups excluding carboxylic acids is 1. The van der Waals surface area contributed by atoms with E-state index in [1.807, 2.05) is 17.5 Å². The van der Waals surface area contributed by atoms with Gasteiger partial charge in [0.1, 0.15) is 0 Å². The molecular weight excluding hydrogens is 411 g/mol. The Bertz CT molecular complexity index is 1150. The van der Waals surface area contributed by atoms with Crippen LogP contribution in [0.15, 0.2) is 72.1 Å². The molecule has 0 aliphatic rings. The molecule has 0 fully saturated rings. The molecule has 2 aromatic heterocycles. The Morgan fingerprint density at radius 3 is 2.50 bits per heavy atom. The highest BCUT2D eigenvalue weighted by Gasteiger charge is 2.30. The van der Waals surface area contributed by atoms with Crippen LogP contribution in [0.25, 0.3) is 22.5 Å². The van der Waals surface area contributed by atoms with E-state index in [1.54, 1.807) is 47.7 Å². The Morgan fingerprint density at radius 2 is 1.80 bits per heavy atom. The number of aromatic amines is 1. The smallest absolute Gasteiger partial charge is 0.347 e. The molecule has 30 heavy (non-hydrogen) atoms. The maximum absolute atomic E-state index is 12.9. The molecule has 4 rings (SSSR count). The Kier molecular flexibility index (Phi) is 5.41. The number of amides is 1. The fraction of sp³-hybridized carbons (Fsp3) is 0.0909. The summed E-state index contributed by atoms with van der Waals surface area (Å²) in [5.41, 5.74) is 2.00. The van der Waals surface area contributed by atoms with Crippen molar-refractivity contribution in [3.63, 3.8) is 0 Å². The van der Waals surface area contributed by atoms with Gasteiger partial charge in [0, 0.05) is 16.0 Å². The molecule has 4 aromatic rings. The van der Waals surface area contributed by atoms with Crippen molar-refractivity contribution in [1.82, 2.24) is 15.5 Å². The molecule has 2 heterocycles. The van der Waals surface area contributed by atoms with Gasteiger partial charge in [-0.2, -0.15) is 18.3 Å². The third kappa shape index (κ3) is 4.44. The summed E-state index contributed by atoms with van der Waals surface area (Å²) in [5.74, 6) is -0.177. The van der Waals surface area contributed by atoms with Crippen LogP contribution in [0.2, 0.25) is 0 Å². The second-order valence-corrected chi connectivity index (χ2v) is 7.62. The molecule has 8 heteroatoms. The SMILES string of the molecule is O=C(NCc1cccs1)c1ccc(-c2cc(-c3cccc(C(F)(F)F)c3)n[nH]2)cc1. The lowest BCUT2D eigenvalue weighted by molar-refractivity contribution is -0.137. The number of thiophene rings is 1. The average Bonchev–Trinajstić information content (AvgIpc) is 3.44. The van der Waals surface area contributed by atoms with E-state index in [2.05, 4.69) is 15.5 Å². The second kappa shape index (κ2) is 8.16. The third-order valence-corrected chi connectivity index (χ3v) is 5.40. The number of halogens is 3. The Balaban J connectivity index is 1.48. The minimum absolute atomic E-state index is 0.177. The van der Waals surface area contributed by atoms with Crippen LogP contribution >= 0.6 is 11.3 Å². The van der Waals surface area contributed by atoms with Crippen molar-refractivity contribution in [2.45, 2.75) is 12.7 Å². The van der Waals surface area contributed by atoms with Gasteiger partial charge in [-0.25, -0.2) is 0 Å². The number of aromatic nitrogens is 2.